The van der Waals surface area contributed by atoms with Crippen LogP contribution in [0, 0.1) is 0 Å². The maximum Gasteiger partial charge on any atom is 0.278 e. The number of hydrogen-bond acceptors (Lipinski definition) is 5. The number of carbonyl (C=O) groups is 2. The number of anilines is 1. The molecule has 1 aromatic rings. The van der Waals surface area contributed by atoms with E-state index in [0.717, 1.165) is 0 Å². The number of carbonyl (C=O) groups excluding carboxylic acids is 2. The highest BCUT2D eigenvalue weighted by Gasteiger charge is 2.26. The number of amides is 2. The lowest BCUT2D eigenvalue weighted by atomic mass is 10.2. The first-order chi connectivity index (χ1) is 8.09. The van der Waals surface area contributed by atoms with Crippen molar-refractivity contribution in [3.05, 3.63) is 5.69 Å². The first kappa shape index (κ1) is 11.4. The van der Waals surface area contributed by atoms with Crippen LogP contribution < -0.4 is 5.73 Å². The summed E-state index contributed by atoms with van der Waals surface area (Å²) in [6.45, 7) is 3.58. The first-order valence-corrected chi connectivity index (χ1v) is 5.30. The minimum absolute atomic E-state index is 0.0260. The zero-order chi connectivity index (χ0) is 12.4. The molecule has 0 radical (unpaired) electrons. The van der Waals surface area contributed by atoms with Crippen molar-refractivity contribution in [3.8, 4) is 0 Å². The van der Waals surface area contributed by atoms with Crippen molar-refractivity contribution in [1.29, 1.82) is 0 Å². The molecular weight excluding hydrogens is 224 g/mol. The maximum absolute atomic E-state index is 12.0. The Balaban J connectivity index is 2.00. The van der Waals surface area contributed by atoms with Crippen LogP contribution in [0.5, 0.6) is 0 Å². The number of nitrogen functional groups attached to an aromatic ring is 1. The molecule has 17 heavy (non-hydrogen) atoms. The summed E-state index contributed by atoms with van der Waals surface area (Å²) >= 11 is 0. The second-order valence-corrected chi connectivity index (χ2v) is 3.86. The Bertz CT molecular complexity index is 434. The molecule has 1 fully saturated rings. The summed E-state index contributed by atoms with van der Waals surface area (Å²) in [5.74, 6) is -0.124. The van der Waals surface area contributed by atoms with Gasteiger partial charge < -0.3 is 15.5 Å². The molecule has 1 aliphatic heterocycles. The van der Waals surface area contributed by atoms with Crippen molar-refractivity contribution in [2.24, 2.45) is 0 Å². The van der Waals surface area contributed by atoms with Crippen LogP contribution in [-0.4, -0.2) is 63.2 Å². The average molecular weight is 238 g/mol. The number of aromatic nitrogens is 3. The predicted molar refractivity (Wildman–Crippen MR) is 59.0 cm³/mol. The third-order valence-corrected chi connectivity index (χ3v) is 2.79. The standard InChI is InChI=1S/C9H14N6O2/c1-6(16)14-2-4-15(5-3-14)9(17)7-8(10)12-13-11-7/h2-5H2,1H3,(H3,10,11,12,13). The molecule has 2 amide bonds. The Kier molecular flexibility index (Phi) is 2.94. The normalized spacial score (nSPS) is 16.1. The van der Waals surface area contributed by atoms with Crippen LogP contribution in [0.15, 0.2) is 0 Å². The fourth-order valence-electron chi connectivity index (χ4n) is 1.77. The molecule has 1 aliphatic rings. The van der Waals surface area contributed by atoms with Crippen LogP contribution in [0.4, 0.5) is 5.82 Å². The molecule has 92 valence electrons. The molecule has 0 spiro atoms. The van der Waals surface area contributed by atoms with Crippen LogP contribution in [-0.2, 0) is 4.79 Å². The van der Waals surface area contributed by atoms with E-state index in [2.05, 4.69) is 15.4 Å². The highest BCUT2D eigenvalue weighted by atomic mass is 16.2. The van der Waals surface area contributed by atoms with Gasteiger partial charge in [0.2, 0.25) is 5.91 Å². The molecule has 3 N–H and O–H groups in total. The lowest BCUT2D eigenvalue weighted by Gasteiger charge is -2.33. The van der Waals surface area contributed by atoms with E-state index in [-0.39, 0.29) is 23.3 Å². The molecule has 0 atom stereocenters. The van der Waals surface area contributed by atoms with Crippen LogP contribution >= 0.6 is 0 Å². The molecule has 8 nitrogen and oxygen atoms in total. The van der Waals surface area contributed by atoms with Gasteiger partial charge in [0.1, 0.15) is 0 Å². The largest absolute Gasteiger partial charge is 0.380 e. The van der Waals surface area contributed by atoms with E-state index in [1.54, 1.807) is 9.80 Å². The van der Waals surface area contributed by atoms with Crippen molar-refractivity contribution >= 4 is 17.6 Å². The number of aromatic amines is 1. The van der Waals surface area contributed by atoms with Crippen molar-refractivity contribution in [3.63, 3.8) is 0 Å². The highest BCUT2D eigenvalue weighted by molar-refractivity contribution is 5.96. The Labute approximate surface area is 97.7 Å². The summed E-state index contributed by atoms with van der Waals surface area (Å²) in [5, 5.41) is 9.63. The first-order valence-electron chi connectivity index (χ1n) is 5.30. The van der Waals surface area contributed by atoms with Crippen LogP contribution in [0.1, 0.15) is 17.4 Å². The van der Waals surface area contributed by atoms with E-state index >= 15 is 0 Å². The van der Waals surface area contributed by atoms with Crippen LogP contribution in [0.2, 0.25) is 0 Å². The van der Waals surface area contributed by atoms with Crippen LogP contribution in [0.3, 0.4) is 0 Å². The third kappa shape index (κ3) is 2.19. The van der Waals surface area contributed by atoms with Gasteiger partial charge in [-0.1, -0.05) is 0 Å². The molecule has 2 heterocycles. The summed E-state index contributed by atoms with van der Waals surface area (Å²) in [4.78, 5) is 26.4. The lowest BCUT2D eigenvalue weighted by Crippen LogP contribution is -2.50. The number of rotatable bonds is 1. The second kappa shape index (κ2) is 4.40. The van der Waals surface area contributed by atoms with Gasteiger partial charge in [-0.05, 0) is 0 Å². The predicted octanol–water partition coefficient (Wildman–Crippen LogP) is -1.31. The van der Waals surface area contributed by atoms with Gasteiger partial charge in [0.25, 0.3) is 5.91 Å². The summed E-state index contributed by atoms with van der Waals surface area (Å²) in [6.07, 6.45) is 0. The number of H-pyrrole nitrogens is 1. The monoisotopic (exact) mass is 238 g/mol. The van der Waals surface area contributed by atoms with Crippen molar-refractivity contribution in [1.82, 2.24) is 25.2 Å². The Morgan fingerprint density at radius 3 is 2.24 bits per heavy atom. The summed E-state index contributed by atoms with van der Waals surface area (Å²) in [5.41, 5.74) is 5.65. The molecule has 8 heteroatoms. The molecule has 0 bridgehead atoms. The molecule has 2 rings (SSSR count). The smallest absolute Gasteiger partial charge is 0.278 e. The SMILES string of the molecule is CC(=O)N1CCN(C(=O)c2n[nH]nc2N)CC1. The average Bonchev–Trinajstić information content (AvgIpc) is 2.74. The van der Waals surface area contributed by atoms with E-state index in [1.165, 1.54) is 6.92 Å². The zero-order valence-electron chi connectivity index (χ0n) is 9.51. The maximum atomic E-state index is 12.0. The minimum Gasteiger partial charge on any atom is -0.380 e. The fraction of sp³-hybridized carbons (Fsp3) is 0.556. The van der Waals surface area contributed by atoms with Crippen molar-refractivity contribution < 1.29 is 9.59 Å². The van der Waals surface area contributed by atoms with E-state index in [4.69, 9.17) is 5.73 Å². The van der Waals surface area contributed by atoms with Gasteiger partial charge in [0, 0.05) is 33.1 Å². The second-order valence-electron chi connectivity index (χ2n) is 3.86. The van der Waals surface area contributed by atoms with Crippen LogP contribution in [0.25, 0.3) is 0 Å². The molecule has 0 unspecified atom stereocenters. The minimum atomic E-state index is -0.251. The molecule has 0 aromatic carbocycles. The lowest BCUT2D eigenvalue weighted by molar-refractivity contribution is -0.130. The zero-order valence-corrected chi connectivity index (χ0v) is 9.51. The quantitative estimate of drug-likeness (QED) is 0.631. The number of piperazine rings is 1. The molecule has 0 saturated carbocycles. The molecular formula is C9H14N6O2. The van der Waals surface area contributed by atoms with E-state index in [9.17, 15) is 9.59 Å². The number of nitrogens with zero attached hydrogens (tertiary/aromatic N) is 4. The molecule has 1 aromatic heterocycles. The summed E-state index contributed by atoms with van der Waals surface area (Å²) in [7, 11) is 0. The van der Waals surface area contributed by atoms with Gasteiger partial charge in [0.15, 0.2) is 11.5 Å². The molecule has 1 saturated heterocycles. The Morgan fingerprint density at radius 1 is 1.18 bits per heavy atom. The number of nitrogens with two attached hydrogens (primary N) is 1. The van der Waals surface area contributed by atoms with Gasteiger partial charge in [-0.25, -0.2) is 0 Å². The van der Waals surface area contributed by atoms with Crippen molar-refractivity contribution in [2.45, 2.75) is 6.92 Å². The van der Waals surface area contributed by atoms with Gasteiger partial charge in [-0.2, -0.15) is 5.21 Å². The van der Waals surface area contributed by atoms with Crippen molar-refractivity contribution in [2.75, 3.05) is 31.9 Å². The topological polar surface area (TPSA) is 108 Å². The summed E-state index contributed by atoms with van der Waals surface area (Å²) < 4.78 is 0. The molecule has 0 aliphatic carbocycles. The van der Waals surface area contributed by atoms with E-state index < -0.39 is 0 Å². The van der Waals surface area contributed by atoms with Gasteiger partial charge >= 0.3 is 0 Å². The number of nitrogens with one attached hydrogen (secondary N) is 1. The van der Waals surface area contributed by atoms with E-state index in [1.807, 2.05) is 0 Å². The Morgan fingerprint density at radius 2 is 1.76 bits per heavy atom. The Hall–Kier alpha value is -2.12. The third-order valence-electron chi connectivity index (χ3n) is 2.79. The van der Waals surface area contributed by atoms with E-state index in [0.29, 0.717) is 26.2 Å². The summed E-state index contributed by atoms with van der Waals surface area (Å²) in [6, 6.07) is 0. The van der Waals surface area contributed by atoms with Gasteiger partial charge in [-0.15, -0.1) is 10.2 Å². The van der Waals surface area contributed by atoms with Gasteiger partial charge in [-0.3, -0.25) is 9.59 Å². The van der Waals surface area contributed by atoms with Gasteiger partial charge in [0.05, 0.1) is 0 Å². The fourth-order valence-corrected chi connectivity index (χ4v) is 1.77. The highest BCUT2D eigenvalue weighted by Crippen LogP contribution is 2.10. The number of hydrogen-bond donors (Lipinski definition) is 2.